The Bertz CT molecular complexity index is 432. The van der Waals surface area contributed by atoms with Gasteiger partial charge in [0.1, 0.15) is 0 Å². The maximum Gasteiger partial charge on any atom is 0.402 e. The average molecular weight is 333 g/mol. The van der Waals surface area contributed by atoms with Crippen molar-refractivity contribution in [1.29, 1.82) is 0 Å². The van der Waals surface area contributed by atoms with Crippen LogP contribution in [0.25, 0.3) is 0 Å². The minimum atomic E-state index is -5.44. The minimum Gasteiger partial charge on any atom is -0.170 e. The van der Waals surface area contributed by atoms with Crippen LogP contribution < -0.4 is 0 Å². The molecule has 120 valence electrons. The molecule has 0 amide bonds. The molecule has 0 aromatic heterocycles. The van der Waals surface area contributed by atoms with E-state index in [1.54, 1.807) is 0 Å². The molecule has 0 saturated carbocycles. The summed E-state index contributed by atoms with van der Waals surface area (Å²) >= 11 is 5.46. The molecule has 0 heterocycles. The Balaban J connectivity index is 3.02. The lowest BCUT2D eigenvalue weighted by Gasteiger charge is -2.27. The van der Waals surface area contributed by atoms with E-state index in [9.17, 15) is 26.3 Å². The van der Waals surface area contributed by atoms with Crippen LogP contribution in [0.15, 0.2) is 24.3 Å². The SMILES string of the molecule is CC(C)Cc1ccc(C(Cl)C(C(F)(F)F)C(F)(F)F)cc1. The highest BCUT2D eigenvalue weighted by molar-refractivity contribution is 6.21. The third-order valence-electron chi connectivity index (χ3n) is 2.94. The van der Waals surface area contributed by atoms with Crippen LogP contribution in [0.4, 0.5) is 26.3 Å². The molecular formula is C14H15ClF6. The minimum absolute atomic E-state index is 0.191. The first-order chi connectivity index (χ1) is 9.43. The van der Waals surface area contributed by atoms with Crippen LogP contribution in [-0.2, 0) is 6.42 Å². The first-order valence-corrected chi connectivity index (χ1v) is 6.73. The second kappa shape index (κ2) is 6.46. The van der Waals surface area contributed by atoms with Crippen LogP contribution in [0.1, 0.15) is 30.4 Å². The summed E-state index contributed by atoms with van der Waals surface area (Å²) < 4.78 is 75.6. The van der Waals surface area contributed by atoms with E-state index in [2.05, 4.69) is 0 Å². The van der Waals surface area contributed by atoms with Crippen molar-refractivity contribution < 1.29 is 26.3 Å². The molecule has 0 saturated heterocycles. The molecule has 0 aliphatic carbocycles. The Morgan fingerprint density at radius 3 is 1.67 bits per heavy atom. The molecule has 7 heteroatoms. The van der Waals surface area contributed by atoms with Gasteiger partial charge >= 0.3 is 12.4 Å². The monoisotopic (exact) mass is 332 g/mol. The molecule has 0 bridgehead atoms. The van der Waals surface area contributed by atoms with Crippen molar-refractivity contribution in [3.05, 3.63) is 35.4 Å². The van der Waals surface area contributed by atoms with E-state index < -0.39 is 23.6 Å². The van der Waals surface area contributed by atoms with E-state index in [-0.39, 0.29) is 5.56 Å². The molecule has 1 rings (SSSR count). The molecule has 0 nitrogen and oxygen atoms in total. The molecule has 0 N–H and O–H groups in total. The smallest absolute Gasteiger partial charge is 0.170 e. The van der Waals surface area contributed by atoms with Crippen LogP contribution in [0.5, 0.6) is 0 Å². The molecule has 0 spiro atoms. The van der Waals surface area contributed by atoms with Gasteiger partial charge in [-0.25, -0.2) is 0 Å². The van der Waals surface area contributed by atoms with Crippen LogP contribution in [0.3, 0.4) is 0 Å². The number of hydrogen-bond acceptors (Lipinski definition) is 0. The fraction of sp³-hybridized carbons (Fsp3) is 0.571. The molecule has 0 aliphatic rings. The van der Waals surface area contributed by atoms with Gasteiger partial charge in [-0.2, -0.15) is 26.3 Å². The molecule has 1 aromatic carbocycles. The molecule has 1 unspecified atom stereocenters. The van der Waals surface area contributed by atoms with Gasteiger partial charge in [0.2, 0.25) is 0 Å². The average Bonchev–Trinajstić information content (AvgIpc) is 2.24. The normalized spacial score (nSPS) is 14.8. The second-order valence-corrected chi connectivity index (χ2v) is 5.77. The summed E-state index contributed by atoms with van der Waals surface area (Å²) in [4.78, 5) is 0. The Morgan fingerprint density at radius 1 is 0.905 bits per heavy atom. The maximum absolute atomic E-state index is 12.6. The highest BCUT2D eigenvalue weighted by atomic mass is 35.5. The predicted molar refractivity (Wildman–Crippen MR) is 69.2 cm³/mol. The first-order valence-electron chi connectivity index (χ1n) is 6.29. The van der Waals surface area contributed by atoms with E-state index >= 15 is 0 Å². The van der Waals surface area contributed by atoms with Crippen LogP contribution >= 0.6 is 11.6 Å². The Kier molecular flexibility index (Phi) is 5.58. The van der Waals surface area contributed by atoms with Crippen molar-refractivity contribution in [3.8, 4) is 0 Å². The third-order valence-corrected chi connectivity index (χ3v) is 3.44. The van der Waals surface area contributed by atoms with Crippen molar-refractivity contribution in [3.63, 3.8) is 0 Å². The molecule has 1 atom stereocenters. The van der Waals surface area contributed by atoms with E-state index in [1.807, 2.05) is 13.8 Å². The maximum atomic E-state index is 12.6. The first kappa shape index (κ1) is 18.1. The van der Waals surface area contributed by atoms with Crippen LogP contribution in [0.2, 0.25) is 0 Å². The Hall–Kier alpha value is -0.910. The quantitative estimate of drug-likeness (QED) is 0.475. The van der Waals surface area contributed by atoms with Crippen molar-refractivity contribution in [2.75, 3.05) is 0 Å². The van der Waals surface area contributed by atoms with Gasteiger partial charge in [0.25, 0.3) is 0 Å². The number of rotatable bonds is 4. The number of alkyl halides is 7. The Labute approximate surface area is 124 Å². The third kappa shape index (κ3) is 5.09. The predicted octanol–water partition coefficient (Wildman–Crippen LogP) is 5.91. The zero-order valence-electron chi connectivity index (χ0n) is 11.4. The van der Waals surface area contributed by atoms with Gasteiger partial charge in [-0.1, -0.05) is 38.1 Å². The van der Waals surface area contributed by atoms with Crippen LogP contribution in [0, 0.1) is 11.8 Å². The van der Waals surface area contributed by atoms with Crippen molar-refractivity contribution in [2.24, 2.45) is 11.8 Å². The highest BCUT2D eigenvalue weighted by Gasteiger charge is 2.60. The largest absolute Gasteiger partial charge is 0.402 e. The molecule has 0 fully saturated rings. The number of halogens is 7. The fourth-order valence-corrected chi connectivity index (χ4v) is 2.45. The lowest BCUT2D eigenvalue weighted by atomic mass is 9.95. The molecular weight excluding hydrogens is 318 g/mol. The molecule has 0 radical (unpaired) electrons. The van der Waals surface area contributed by atoms with E-state index in [0.29, 0.717) is 12.3 Å². The van der Waals surface area contributed by atoms with Gasteiger partial charge in [0.15, 0.2) is 5.92 Å². The van der Waals surface area contributed by atoms with Gasteiger partial charge in [-0.3, -0.25) is 0 Å². The summed E-state index contributed by atoms with van der Waals surface area (Å²) in [5, 5.41) is -2.20. The fourth-order valence-electron chi connectivity index (χ4n) is 2.02. The Morgan fingerprint density at radius 2 is 1.33 bits per heavy atom. The molecule has 0 aliphatic heterocycles. The van der Waals surface area contributed by atoms with Crippen molar-refractivity contribution in [1.82, 2.24) is 0 Å². The van der Waals surface area contributed by atoms with Gasteiger partial charge in [-0.15, -0.1) is 11.6 Å². The van der Waals surface area contributed by atoms with Crippen molar-refractivity contribution >= 4 is 11.6 Å². The zero-order valence-corrected chi connectivity index (χ0v) is 12.2. The summed E-state index contributed by atoms with van der Waals surface area (Å²) in [6, 6.07) is 5.46. The van der Waals surface area contributed by atoms with Gasteiger partial charge in [0, 0.05) is 0 Å². The number of benzene rings is 1. The lowest BCUT2D eigenvalue weighted by Crippen LogP contribution is -2.39. The zero-order chi connectivity index (χ0) is 16.4. The van der Waals surface area contributed by atoms with Gasteiger partial charge < -0.3 is 0 Å². The number of hydrogen-bond donors (Lipinski definition) is 0. The van der Waals surface area contributed by atoms with E-state index in [0.717, 1.165) is 5.56 Å². The summed E-state index contributed by atoms with van der Waals surface area (Å²) in [6.07, 6.45) is -10.2. The van der Waals surface area contributed by atoms with Gasteiger partial charge in [-0.05, 0) is 23.5 Å². The standard InChI is InChI=1S/C14H15ClF6/c1-8(2)7-9-3-5-10(6-4-9)11(15)12(13(16,17)18)14(19,20)21/h3-6,8,11-12H,7H2,1-2H3. The molecule has 1 aromatic rings. The summed E-state index contributed by atoms with van der Waals surface area (Å²) in [6.45, 7) is 3.92. The molecule has 21 heavy (non-hydrogen) atoms. The summed E-state index contributed by atoms with van der Waals surface area (Å²) in [7, 11) is 0. The van der Waals surface area contributed by atoms with E-state index in [4.69, 9.17) is 11.6 Å². The lowest BCUT2D eigenvalue weighted by molar-refractivity contribution is -0.284. The summed E-state index contributed by atoms with van der Waals surface area (Å²) in [5.74, 6) is -3.25. The van der Waals surface area contributed by atoms with Crippen LogP contribution in [-0.4, -0.2) is 12.4 Å². The second-order valence-electron chi connectivity index (χ2n) is 5.30. The van der Waals surface area contributed by atoms with E-state index in [1.165, 1.54) is 24.3 Å². The summed E-state index contributed by atoms with van der Waals surface area (Å²) in [5.41, 5.74) is 0.650. The highest BCUT2D eigenvalue weighted by Crippen LogP contribution is 2.49. The topological polar surface area (TPSA) is 0 Å². The van der Waals surface area contributed by atoms with Gasteiger partial charge in [0.05, 0.1) is 5.38 Å². The van der Waals surface area contributed by atoms with Crippen molar-refractivity contribution in [2.45, 2.75) is 38.0 Å².